The zero-order chi connectivity index (χ0) is 11.8. The second-order valence-corrected chi connectivity index (χ2v) is 6.91. The first kappa shape index (κ1) is 11.1. The van der Waals surface area contributed by atoms with E-state index in [0.29, 0.717) is 9.68 Å². The molecule has 0 saturated carbocycles. The quantitative estimate of drug-likeness (QED) is 0.493. The number of aromatic nitrogens is 1. The van der Waals surface area contributed by atoms with Crippen LogP contribution in [0.2, 0.25) is 0 Å². The Hall–Kier alpha value is -0.963. The Morgan fingerprint density at radius 3 is 1.76 bits per heavy atom. The van der Waals surface area contributed by atoms with Gasteiger partial charge in [0.05, 0.1) is 0 Å². The van der Waals surface area contributed by atoms with Crippen LogP contribution in [0.5, 0.6) is 0 Å². The maximum absolute atomic E-state index is 5.93. The molecule has 0 bridgehead atoms. The molecule has 0 atom stereocenters. The molecule has 0 aliphatic carbocycles. The van der Waals surface area contributed by atoms with Gasteiger partial charge in [-0.2, -0.15) is 0 Å². The van der Waals surface area contributed by atoms with Crippen molar-refractivity contribution in [2.24, 2.45) is 0 Å². The molecular weight excluding hydrogens is 269 g/mol. The lowest BCUT2D eigenvalue weighted by Gasteiger charge is -2.05. The minimum absolute atomic E-state index is 0.340. The summed E-state index contributed by atoms with van der Waals surface area (Å²) < 4.78 is 1.84. The summed E-state index contributed by atoms with van der Waals surface area (Å²) in [6.45, 7) is 0. The Balaban J connectivity index is 2.41. The van der Waals surface area contributed by atoms with Crippen LogP contribution in [0.4, 0.5) is 0 Å². The Morgan fingerprint density at radius 2 is 1.29 bits per heavy atom. The maximum Gasteiger partial charge on any atom is 0.225 e. The molecule has 0 N–H and O–H groups in total. The number of alkyl halides is 2. The van der Waals surface area contributed by atoms with Gasteiger partial charge in [-0.15, -0.1) is 23.2 Å². The van der Waals surface area contributed by atoms with Crippen LogP contribution in [0.15, 0.2) is 48.5 Å². The second kappa shape index (κ2) is 4.37. The zero-order valence-electron chi connectivity index (χ0n) is 8.90. The lowest BCUT2D eigenvalue weighted by Crippen LogP contribution is -2.13. The first-order valence-corrected chi connectivity index (χ1v) is 7.20. The average Bonchev–Trinajstić information content (AvgIpc) is 2.65. The highest BCUT2D eigenvalue weighted by Gasteiger charge is 2.12. The van der Waals surface area contributed by atoms with E-state index in [4.69, 9.17) is 23.2 Å². The van der Waals surface area contributed by atoms with Crippen molar-refractivity contribution in [3.05, 3.63) is 48.5 Å². The summed E-state index contributed by atoms with van der Waals surface area (Å²) in [5, 5.41) is 2.51. The monoisotopic (exact) mass is 277 g/mol. The van der Waals surface area contributed by atoms with Gasteiger partial charge in [-0.25, -0.2) is 0 Å². The lowest BCUT2D eigenvalue weighted by atomic mass is 10.2. The molecule has 0 aliphatic rings. The minimum atomic E-state index is -0.366. The first-order chi connectivity index (χ1) is 8.27. The summed E-state index contributed by atoms with van der Waals surface area (Å²) in [4.78, 5) is 0. The van der Waals surface area contributed by atoms with Gasteiger partial charge in [-0.05, 0) is 12.1 Å². The van der Waals surface area contributed by atoms with Gasteiger partial charge in [-0.3, -0.25) is 0 Å². The fourth-order valence-electron chi connectivity index (χ4n) is 2.16. The molecule has 0 aliphatic heterocycles. The van der Waals surface area contributed by atoms with Gasteiger partial charge in [0.1, 0.15) is 4.46 Å². The Morgan fingerprint density at radius 1 is 0.824 bits per heavy atom. The summed E-state index contributed by atoms with van der Waals surface area (Å²) in [6, 6.07) is 16.7. The molecule has 3 aromatic rings. The predicted molar refractivity (Wildman–Crippen MR) is 76.1 cm³/mol. The molecule has 84 valence electrons. The molecule has 1 nitrogen and oxygen atoms in total. The third kappa shape index (κ3) is 1.86. The molecule has 2 radical (unpaired) electrons. The van der Waals surface area contributed by atoms with E-state index in [-0.39, 0.29) is 4.46 Å². The van der Waals surface area contributed by atoms with E-state index in [0.717, 1.165) is 0 Å². The van der Waals surface area contributed by atoms with Crippen LogP contribution in [-0.2, 0) is 0 Å². The summed E-state index contributed by atoms with van der Waals surface area (Å²) in [6.07, 6.45) is 0. The van der Waals surface area contributed by atoms with E-state index in [9.17, 15) is 0 Å². The molecule has 0 unspecified atom stereocenters. The van der Waals surface area contributed by atoms with Crippen LogP contribution >= 0.6 is 23.2 Å². The summed E-state index contributed by atoms with van der Waals surface area (Å²) >= 11 is 11.9. The van der Waals surface area contributed by atoms with Crippen LogP contribution in [0.25, 0.3) is 21.8 Å². The van der Waals surface area contributed by atoms with Crippen molar-refractivity contribution in [1.82, 2.24) is 4.23 Å². The van der Waals surface area contributed by atoms with E-state index in [1.54, 1.807) is 0 Å². The van der Waals surface area contributed by atoms with Gasteiger partial charge in [0.25, 0.3) is 0 Å². The van der Waals surface area contributed by atoms with Crippen molar-refractivity contribution < 1.29 is 0 Å². The summed E-state index contributed by atoms with van der Waals surface area (Å²) in [5.74, 6) is 0. The molecule has 2 aromatic carbocycles. The van der Waals surface area contributed by atoms with Crippen molar-refractivity contribution in [2.75, 3.05) is 0 Å². The smallest absolute Gasteiger partial charge is 0.225 e. The predicted octanol–water partition coefficient (Wildman–Crippen LogP) is 4.02. The van der Waals surface area contributed by atoms with Crippen molar-refractivity contribution in [1.29, 1.82) is 0 Å². The summed E-state index contributed by atoms with van der Waals surface area (Å²) in [7, 11) is 0.340. The van der Waals surface area contributed by atoms with Crippen LogP contribution in [0.1, 0.15) is 0 Å². The van der Waals surface area contributed by atoms with Gasteiger partial charge in [0.15, 0.2) is 0 Å². The van der Waals surface area contributed by atoms with Crippen LogP contribution in [-0.4, -0.2) is 18.4 Å². The molecule has 1 aromatic heterocycles. The number of para-hydroxylation sites is 2. The molecule has 17 heavy (non-hydrogen) atoms. The van der Waals surface area contributed by atoms with Gasteiger partial charge >= 0.3 is 0 Å². The highest BCUT2D eigenvalue weighted by Crippen LogP contribution is 2.28. The molecule has 4 heteroatoms. The van der Waals surface area contributed by atoms with E-state index in [2.05, 4.69) is 40.6 Å². The second-order valence-electron chi connectivity index (χ2n) is 3.80. The van der Waals surface area contributed by atoms with Crippen molar-refractivity contribution in [3.63, 3.8) is 0 Å². The standard InChI is InChI=1S/C13H9Cl2NSi/c14-13(15)17-16-11-7-3-1-5-9(11)10-6-2-4-8-12(10)16/h1-8,13H. The molecule has 0 spiro atoms. The largest absolute Gasteiger partial charge is 0.366 e. The molecular formula is C13H9Cl2NSi. The molecule has 0 saturated heterocycles. The van der Waals surface area contributed by atoms with Crippen LogP contribution in [0.3, 0.4) is 0 Å². The Bertz CT molecular complexity index is 622. The SMILES string of the molecule is ClC(Cl)[Si]n1c2ccccc2c2ccccc21. The Kier molecular flexibility index (Phi) is 2.87. The van der Waals surface area contributed by atoms with E-state index in [1.165, 1.54) is 21.8 Å². The third-order valence-electron chi connectivity index (χ3n) is 2.81. The number of benzene rings is 2. The average molecular weight is 278 g/mol. The minimum Gasteiger partial charge on any atom is -0.366 e. The van der Waals surface area contributed by atoms with E-state index >= 15 is 0 Å². The number of fused-ring (bicyclic) bond motifs is 3. The molecule has 3 rings (SSSR count). The zero-order valence-corrected chi connectivity index (χ0v) is 11.4. The fraction of sp³-hybridized carbons (Fsp3) is 0.0769. The topological polar surface area (TPSA) is 4.93 Å². The van der Waals surface area contributed by atoms with Crippen molar-refractivity contribution in [2.45, 2.75) is 4.46 Å². The number of rotatable bonds is 2. The Labute approximate surface area is 112 Å². The van der Waals surface area contributed by atoms with Gasteiger partial charge in [0.2, 0.25) is 9.68 Å². The van der Waals surface area contributed by atoms with E-state index < -0.39 is 0 Å². The third-order valence-corrected chi connectivity index (χ3v) is 4.33. The van der Waals surface area contributed by atoms with E-state index in [1.807, 2.05) is 12.1 Å². The highest BCUT2D eigenvalue weighted by atomic mass is 35.5. The fourth-order valence-corrected chi connectivity index (χ4v) is 3.61. The number of halogens is 2. The molecule has 0 fully saturated rings. The van der Waals surface area contributed by atoms with Crippen LogP contribution < -0.4 is 0 Å². The first-order valence-electron chi connectivity index (χ1n) is 5.30. The van der Waals surface area contributed by atoms with Gasteiger partial charge < -0.3 is 4.23 Å². The normalized spacial score (nSPS) is 11.7. The van der Waals surface area contributed by atoms with Gasteiger partial charge in [-0.1, -0.05) is 36.4 Å². The number of hydrogen-bond donors (Lipinski definition) is 0. The highest BCUT2D eigenvalue weighted by molar-refractivity contribution is 6.68. The molecule has 0 amide bonds. The number of nitrogens with zero attached hydrogens (tertiary/aromatic N) is 1. The lowest BCUT2D eigenvalue weighted by molar-refractivity contribution is 1.34. The number of hydrogen-bond acceptors (Lipinski definition) is 0. The van der Waals surface area contributed by atoms with Crippen LogP contribution in [0, 0.1) is 0 Å². The van der Waals surface area contributed by atoms with Crippen molar-refractivity contribution >= 4 is 54.7 Å². The maximum atomic E-state index is 5.93. The summed E-state index contributed by atoms with van der Waals surface area (Å²) in [5.41, 5.74) is 2.39. The van der Waals surface area contributed by atoms with Gasteiger partial charge in [0, 0.05) is 21.8 Å². The van der Waals surface area contributed by atoms with Crippen molar-refractivity contribution in [3.8, 4) is 0 Å². The molecule has 1 heterocycles.